The van der Waals surface area contributed by atoms with E-state index >= 15 is 0 Å². The third kappa shape index (κ3) is 2.61. The lowest BCUT2D eigenvalue weighted by Gasteiger charge is -2.32. The second-order valence-electron chi connectivity index (χ2n) is 5.30. The Morgan fingerprint density at radius 3 is 2.69 bits per heavy atom. The van der Waals surface area contributed by atoms with E-state index in [1.54, 1.807) is 4.90 Å². The fourth-order valence-corrected chi connectivity index (χ4v) is 2.28. The van der Waals surface area contributed by atoms with Gasteiger partial charge in [-0.3, -0.25) is 4.79 Å². The van der Waals surface area contributed by atoms with E-state index in [-0.39, 0.29) is 5.91 Å². The smallest absolute Gasteiger partial charge is 0.240 e. The van der Waals surface area contributed by atoms with Gasteiger partial charge in [0.15, 0.2) is 0 Å². The topological polar surface area (TPSA) is 63.4 Å². The summed E-state index contributed by atoms with van der Waals surface area (Å²) in [6, 6.07) is -0.475. The first-order chi connectivity index (χ1) is 7.40. The monoisotopic (exact) mass is 226 g/mol. The molecule has 92 valence electrons. The Morgan fingerprint density at radius 2 is 2.19 bits per heavy atom. The van der Waals surface area contributed by atoms with Crippen molar-refractivity contribution in [2.75, 3.05) is 6.54 Å². The van der Waals surface area contributed by atoms with Gasteiger partial charge in [0.25, 0.3) is 0 Å². The minimum Gasteiger partial charge on any atom is -0.329 e. The Labute approximate surface area is 97.2 Å². The minimum atomic E-state index is -0.633. The lowest BCUT2D eigenvalue weighted by atomic mass is 9.98. The Bertz CT molecular complexity index is 278. The SMILES string of the molecule is CC(C)C[C@H](N)C(=O)N1CCC[C@@]1(C)C=O. The van der Waals surface area contributed by atoms with Crippen LogP contribution in [0.5, 0.6) is 0 Å². The van der Waals surface area contributed by atoms with Crippen molar-refractivity contribution in [2.45, 2.75) is 51.6 Å². The van der Waals surface area contributed by atoms with Crippen molar-refractivity contribution in [1.82, 2.24) is 4.90 Å². The standard InChI is InChI=1S/C12H22N2O2/c1-9(2)7-10(13)11(16)14-6-4-5-12(14,3)8-15/h8-10H,4-7,13H2,1-3H3/t10-,12-/m0/s1. The highest BCUT2D eigenvalue weighted by molar-refractivity contribution is 5.86. The van der Waals surface area contributed by atoms with Gasteiger partial charge in [-0.1, -0.05) is 13.8 Å². The quantitative estimate of drug-likeness (QED) is 0.726. The van der Waals surface area contributed by atoms with E-state index in [9.17, 15) is 9.59 Å². The largest absolute Gasteiger partial charge is 0.329 e. The van der Waals surface area contributed by atoms with Gasteiger partial charge in [0.05, 0.1) is 11.6 Å². The second kappa shape index (κ2) is 4.95. The second-order valence-corrected chi connectivity index (χ2v) is 5.30. The van der Waals surface area contributed by atoms with Crippen LogP contribution in [0, 0.1) is 5.92 Å². The number of aldehydes is 1. The molecular formula is C12H22N2O2. The summed E-state index contributed by atoms with van der Waals surface area (Å²) in [5.74, 6) is 0.310. The molecule has 1 aliphatic rings. The highest BCUT2D eigenvalue weighted by Gasteiger charge is 2.40. The summed E-state index contributed by atoms with van der Waals surface area (Å²) in [7, 11) is 0. The molecule has 0 radical (unpaired) electrons. The molecule has 0 aliphatic carbocycles. The van der Waals surface area contributed by atoms with Crippen LogP contribution in [0.15, 0.2) is 0 Å². The van der Waals surface area contributed by atoms with Gasteiger partial charge in [0, 0.05) is 6.54 Å². The third-order valence-electron chi connectivity index (χ3n) is 3.24. The predicted molar refractivity (Wildman–Crippen MR) is 62.8 cm³/mol. The summed E-state index contributed by atoms with van der Waals surface area (Å²) in [6.07, 6.45) is 3.18. The van der Waals surface area contributed by atoms with Crippen LogP contribution in [0.25, 0.3) is 0 Å². The molecule has 0 spiro atoms. The van der Waals surface area contributed by atoms with Gasteiger partial charge in [0.2, 0.25) is 5.91 Å². The molecule has 2 N–H and O–H groups in total. The molecule has 0 saturated carbocycles. The molecule has 0 aromatic rings. The van der Waals surface area contributed by atoms with E-state index in [0.717, 1.165) is 19.1 Å². The molecule has 1 heterocycles. The third-order valence-corrected chi connectivity index (χ3v) is 3.24. The molecule has 4 nitrogen and oxygen atoms in total. The maximum absolute atomic E-state index is 12.1. The Morgan fingerprint density at radius 1 is 1.56 bits per heavy atom. The Hall–Kier alpha value is -0.900. The van der Waals surface area contributed by atoms with Gasteiger partial charge in [-0.2, -0.15) is 0 Å². The average molecular weight is 226 g/mol. The number of carbonyl (C=O) groups excluding carboxylic acids is 2. The van der Waals surface area contributed by atoms with Crippen molar-refractivity contribution in [3.05, 3.63) is 0 Å². The highest BCUT2D eigenvalue weighted by atomic mass is 16.2. The molecule has 4 heteroatoms. The summed E-state index contributed by atoms with van der Waals surface area (Å²) >= 11 is 0. The number of rotatable bonds is 4. The fraction of sp³-hybridized carbons (Fsp3) is 0.833. The molecule has 0 aromatic carbocycles. The van der Waals surface area contributed by atoms with Gasteiger partial charge >= 0.3 is 0 Å². The number of hydrogen-bond donors (Lipinski definition) is 1. The van der Waals surface area contributed by atoms with Crippen LogP contribution >= 0.6 is 0 Å². The van der Waals surface area contributed by atoms with Crippen LogP contribution in [0.3, 0.4) is 0 Å². The Kier molecular flexibility index (Phi) is 4.08. The predicted octanol–water partition coefficient (Wildman–Crippen LogP) is 0.940. The summed E-state index contributed by atoms with van der Waals surface area (Å²) in [5, 5.41) is 0. The van der Waals surface area contributed by atoms with E-state index in [0.29, 0.717) is 18.9 Å². The number of hydrogen-bond acceptors (Lipinski definition) is 3. The number of nitrogens with two attached hydrogens (primary N) is 1. The lowest BCUT2D eigenvalue weighted by Crippen LogP contribution is -2.52. The zero-order valence-electron chi connectivity index (χ0n) is 10.4. The Balaban J connectivity index is 2.70. The maximum Gasteiger partial charge on any atom is 0.240 e. The summed E-state index contributed by atoms with van der Waals surface area (Å²) < 4.78 is 0. The van der Waals surface area contributed by atoms with Crippen molar-refractivity contribution in [3.8, 4) is 0 Å². The fourth-order valence-electron chi connectivity index (χ4n) is 2.28. The molecule has 1 fully saturated rings. The number of carbonyl (C=O) groups is 2. The zero-order valence-corrected chi connectivity index (χ0v) is 10.4. The highest BCUT2D eigenvalue weighted by Crippen LogP contribution is 2.27. The van der Waals surface area contributed by atoms with Gasteiger partial charge in [-0.05, 0) is 32.1 Å². The molecule has 16 heavy (non-hydrogen) atoms. The minimum absolute atomic E-state index is 0.0826. The van der Waals surface area contributed by atoms with Crippen LogP contribution < -0.4 is 5.73 Å². The molecule has 1 aliphatic heterocycles. The summed E-state index contributed by atoms with van der Waals surface area (Å²) in [6.45, 7) is 6.54. The maximum atomic E-state index is 12.1. The normalized spacial score (nSPS) is 27.2. The number of likely N-dealkylation sites (tertiary alicyclic amines) is 1. The molecule has 0 unspecified atom stereocenters. The van der Waals surface area contributed by atoms with Gasteiger partial charge in [-0.15, -0.1) is 0 Å². The van der Waals surface area contributed by atoms with Crippen LogP contribution in [0.4, 0.5) is 0 Å². The first-order valence-electron chi connectivity index (χ1n) is 5.94. The first-order valence-corrected chi connectivity index (χ1v) is 5.94. The van der Waals surface area contributed by atoms with Crippen molar-refractivity contribution in [2.24, 2.45) is 11.7 Å². The van der Waals surface area contributed by atoms with Crippen LogP contribution in [0.1, 0.15) is 40.0 Å². The zero-order chi connectivity index (χ0) is 12.3. The van der Waals surface area contributed by atoms with Crippen LogP contribution in [-0.4, -0.2) is 35.2 Å². The van der Waals surface area contributed by atoms with Crippen molar-refractivity contribution in [1.29, 1.82) is 0 Å². The van der Waals surface area contributed by atoms with Gasteiger partial charge < -0.3 is 15.4 Å². The average Bonchev–Trinajstić information content (AvgIpc) is 2.59. The van der Waals surface area contributed by atoms with Crippen molar-refractivity contribution in [3.63, 3.8) is 0 Å². The van der Waals surface area contributed by atoms with Crippen molar-refractivity contribution >= 4 is 12.2 Å². The number of nitrogens with zero attached hydrogens (tertiary/aromatic N) is 1. The van der Waals surface area contributed by atoms with E-state index in [1.807, 2.05) is 20.8 Å². The van der Waals surface area contributed by atoms with Crippen LogP contribution in [0.2, 0.25) is 0 Å². The first kappa shape index (κ1) is 13.2. The van der Waals surface area contributed by atoms with Gasteiger partial charge in [-0.25, -0.2) is 0 Å². The molecule has 1 saturated heterocycles. The molecule has 0 bridgehead atoms. The van der Waals surface area contributed by atoms with Crippen LogP contribution in [-0.2, 0) is 9.59 Å². The summed E-state index contributed by atoms with van der Waals surface area (Å²) in [4.78, 5) is 24.8. The molecule has 1 amide bonds. The van der Waals surface area contributed by atoms with E-state index in [2.05, 4.69) is 0 Å². The molecular weight excluding hydrogens is 204 g/mol. The number of amides is 1. The summed E-state index contributed by atoms with van der Waals surface area (Å²) in [5.41, 5.74) is 5.23. The van der Waals surface area contributed by atoms with Gasteiger partial charge in [0.1, 0.15) is 6.29 Å². The lowest BCUT2D eigenvalue weighted by molar-refractivity contribution is -0.140. The van der Waals surface area contributed by atoms with E-state index in [4.69, 9.17) is 5.73 Å². The molecule has 2 atom stereocenters. The van der Waals surface area contributed by atoms with Crippen molar-refractivity contribution < 1.29 is 9.59 Å². The molecule has 1 rings (SSSR count). The van der Waals surface area contributed by atoms with E-state index < -0.39 is 11.6 Å². The van der Waals surface area contributed by atoms with E-state index in [1.165, 1.54) is 0 Å². The molecule has 0 aromatic heterocycles.